The van der Waals surface area contributed by atoms with Crippen molar-refractivity contribution in [2.75, 3.05) is 25.5 Å². The maximum Gasteiger partial charge on any atom is 0.222 e. The van der Waals surface area contributed by atoms with E-state index in [0.29, 0.717) is 30.5 Å². The summed E-state index contributed by atoms with van der Waals surface area (Å²) in [6.45, 7) is 1.17. The van der Waals surface area contributed by atoms with Gasteiger partial charge < -0.3 is 20.5 Å². The van der Waals surface area contributed by atoms with E-state index >= 15 is 0 Å². The number of nitrogens with one attached hydrogen (secondary N) is 1. The van der Waals surface area contributed by atoms with E-state index in [1.807, 2.05) is 18.2 Å². The Bertz CT molecular complexity index is 516. The highest BCUT2D eigenvalue weighted by Crippen LogP contribution is 2.24. The van der Waals surface area contributed by atoms with E-state index in [1.54, 1.807) is 25.6 Å². The molecule has 0 unspecified atom stereocenters. The van der Waals surface area contributed by atoms with Crippen LogP contribution < -0.4 is 20.5 Å². The van der Waals surface area contributed by atoms with Gasteiger partial charge in [0.25, 0.3) is 0 Å². The Morgan fingerprint density at radius 2 is 1.89 bits per heavy atom. The summed E-state index contributed by atoms with van der Waals surface area (Å²) in [5.41, 5.74) is 5.38. The summed E-state index contributed by atoms with van der Waals surface area (Å²) in [6.07, 6.45) is 3.21. The van der Waals surface area contributed by atoms with Gasteiger partial charge in [-0.2, -0.15) is 0 Å². The van der Waals surface area contributed by atoms with Crippen molar-refractivity contribution in [3.8, 4) is 17.2 Å². The average molecular weight is 260 g/mol. The molecule has 0 aliphatic rings. The monoisotopic (exact) mass is 260 g/mol. The molecule has 3 N–H and O–H groups in total. The van der Waals surface area contributed by atoms with Crippen LogP contribution >= 0.6 is 0 Å². The molecule has 6 heteroatoms. The first-order valence-electron chi connectivity index (χ1n) is 5.89. The van der Waals surface area contributed by atoms with Crippen LogP contribution in [0.2, 0.25) is 0 Å². The number of aromatic nitrogens is 2. The molecular weight excluding hydrogens is 244 g/mol. The zero-order chi connectivity index (χ0) is 13.5. The number of anilines is 1. The molecule has 19 heavy (non-hydrogen) atoms. The molecule has 1 aromatic heterocycles. The summed E-state index contributed by atoms with van der Waals surface area (Å²) in [5.74, 6) is 2.50. The van der Waals surface area contributed by atoms with Crippen molar-refractivity contribution >= 4 is 5.95 Å². The second kappa shape index (κ2) is 6.55. The highest BCUT2D eigenvalue weighted by Gasteiger charge is 2.01. The van der Waals surface area contributed by atoms with Gasteiger partial charge in [0.15, 0.2) is 5.75 Å². The van der Waals surface area contributed by atoms with Crippen molar-refractivity contribution in [1.29, 1.82) is 0 Å². The molecule has 0 saturated carbocycles. The lowest BCUT2D eigenvalue weighted by Crippen LogP contribution is -2.14. The third-order valence-electron chi connectivity index (χ3n) is 2.33. The van der Waals surface area contributed by atoms with Crippen LogP contribution in [0, 0.1) is 0 Å². The number of benzene rings is 1. The van der Waals surface area contributed by atoms with Crippen molar-refractivity contribution in [2.45, 2.75) is 0 Å². The normalized spacial score (nSPS) is 10.0. The fourth-order valence-corrected chi connectivity index (χ4v) is 1.44. The van der Waals surface area contributed by atoms with Crippen molar-refractivity contribution in [2.24, 2.45) is 5.73 Å². The Morgan fingerprint density at radius 1 is 1.16 bits per heavy atom. The first-order chi connectivity index (χ1) is 9.31. The van der Waals surface area contributed by atoms with Gasteiger partial charge >= 0.3 is 0 Å². The fraction of sp³-hybridized carbons (Fsp3) is 0.231. The molecule has 100 valence electrons. The molecule has 0 amide bonds. The Morgan fingerprint density at radius 3 is 2.58 bits per heavy atom. The van der Waals surface area contributed by atoms with Crippen LogP contribution in [0.25, 0.3) is 0 Å². The van der Waals surface area contributed by atoms with Crippen molar-refractivity contribution < 1.29 is 9.47 Å². The maximum atomic E-state index is 5.62. The molecule has 0 atom stereocenters. The minimum absolute atomic E-state index is 0.531. The Labute approximate surface area is 111 Å². The minimum Gasteiger partial charge on any atom is -0.497 e. The first kappa shape index (κ1) is 13.1. The molecule has 2 aromatic rings. The Balaban J connectivity index is 2.02. The molecule has 1 heterocycles. The second-order valence-corrected chi connectivity index (χ2v) is 3.74. The van der Waals surface area contributed by atoms with Gasteiger partial charge in [0.1, 0.15) is 11.5 Å². The van der Waals surface area contributed by atoms with E-state index in [4.69, 9.17) is 15.2 Å². The van der Waals surface area contributed by atoms with Crippen LogP contribution in [-0.4, -0.2) is 30.2 Å². The number of rotatable bonds is 6. The third-order valence-corrected chi connectivity index (χ3v) is 2.33. The lowest BCUT2D eigenvalue weighted by Gasteiger charge is -2.07. The minimum atomic E-state index is 0.531. The van der Waals surface area contributed by atoms with E-state index < -0.39 is 0 Å². The molecule has 1 aromatic carbocycles. The van der Waals surface area contributed by atoms with Gasteiger partial charge in [0.2, 0.25) is 5.95 Å². The van der Waals surface area contributed by atoms with E-state index in [1.165, 1.54) is 0 Å². The molecule has 0 bridgehead atoms. The molecule has 0 radical (unpaired) electrons. The number of methoxy groups -OCH3 is 1. The lowest BCUT2D eigenvalue weighted by atomic mass is 10.3. The first-order valence-corrected chi connectivity index (χ1v) is 5.89. The van der Waals surface area contributed by atoms with Crippen molar-refractivity contribution in [1.82, 2.24) is 9.97 Å². The number of nitrogens with two attached hydrogens (primary N) is 1. The van der Waals surface area contributed by atoms with E-state index in [9.17, 15) is 0 Å². The zero-order valence-electron chi connectivity index (χ0n) is 10.7. The highest BCUT2D eigenvalue weighted by atomic mass is 16.5. The standard InChI is InChI=1S/C13H16N4O2/c1-18-10-3-2-4-11(7-10)19-12-8-16-13(17-9-12)15-6-5-14/h2-4,7-9H,5-6,14H2,1H3,(H,15,16,17). The number of hydrogen-bond acceptors (Lipinski definition) is 6. The summed E-state index contributed by atoms with van der Waals surface area (Å²) < 4.78 is 10.7. The third kappa shape index (κ3) is 3.82. The number of ether oxygens (including phenoxy) is 2. The molecule has 0 aliphatic carbocycles. The van der Waals surface area contributed by atoms with Crippen LogP contribution in [0.3, 0.4) is 0 Å². The quantitative estimate of drug-likeness (QED) is 0.821. The lowest BCUT2D eigenvalue weighted by molar-refractivity contribution is 0.408. The second-order valence-electron chi connectivity index (χ2n) is 3.74. The summed E-state index contributed by atoms with van der Waals surface area (Å²) >= 11 is 0. The van der Waals surface area contributed by atoms with Crippen LogP contribution in [-0.2, 0) is 0 Å². The van der Waals surface area contributed by atoms with Crippen LogP contribution in [0.4, 0.5) is 5.95 Å². The zero-order valence-corrected chi connectivity index (χ0v) is 10.7. The Hall–Kier alpha value is -2.34. The molecule has 2 rings (SSSR count). The predicted octanol–water partition coefficient (Wildman–Crippen LogP) is 1.65. The topological polar surface area (TPSA) is 82.3 Å². The van der Waals surface area contributed by atoms with Gasteiger partial charge in [0, 0.05) is 19.2 Å². The molecule has 0 saturated heterocycles. The van der Waals surface area contributed by atoms with E-state index in [2.05, 4.69) is 15.3 Å². The average Bonchev–Trinajstić information content (AvgIpc) is 2.47. The van der Waals surface area contributed by atoms with Crippen molar-refractivity contribution in [3.63, 3.8) is 0 Å². The number of hydrogen-bond donors (Lipinski definition) is 2. The molecule has 0 aliphatic heterocycles. The van der Waals surface area contributed by atoms with Crippen LogP contribution in [0.1, 0.15) is 0 Å². The molecular formula is C13H16N4O2. The SMILES string of the molecule is COc1cccc(Oc2cnc(NCCN)nc2)c1. The molecule has 0 spiro atoms. The smallest absolute Gasteiger partial charge is 0.222 e. The molecule has 0 fully saturated rings. The van der Waals surface area contributed by atoms with Crippen LogP contribution in [0.15, 0.2) is 36.7 Å². The largest absolute Gasteiger partial charge is 0.497 e. The summed E-state index contributed by atoms with van der Waals surface area (Å²) in [4.78, 5) is 8.24. The fourth-order valence-electron chi connectivity index (χ4n) is 1.44. The Kier molecular flexibility index (Phi) is 4.52. The van der Waals surface area contributed by atoms with E-state index in [-0.39, 0.29) is 0 Å². The van der Waals surface area contributed by atoms with Crippen molar-refractivity contribution in [3.05, 3.63) is 36.7 Å². The van der Waals surface area contributed by atoms with Gasteiger partial charge in [-0.1, -0.05) is 6.07 Å². The number of nitrogens with zero attached hydrogens (tertiary/aromatic N) is 2. The predicted molar refractivity (Wildman–Crippen MR) is 72.6 cm³/mol. The van der Waals surface area contributed by atoms with Crippen LogP contribution in [0.5, 0.6) is 17.2 Å². The van der Waals surface area contributed by atoms with Gasteiger partial charge in [-0.05, 0) is 12.1 Å². The maximum absolute atomic E-state index is 5.62. The molecule has 6 nitrogen and oxygen atoms in total. The van der Waals surface area contributed by atoms with Gasteiger partial charge in [-0.15, -0.1) is 0 Å². The summed E-state index contributed by atoms with van der Waals surface area (Å²) in [6, 6.07) is 7.33. The van der Waals surface area contributed by atoms with Gasteiger partial charge in [-0.3, -0.25) is 0 Å². The highest BCUT2D eigenvalue weighted by molar-refractivity contribution is 5.36. The summed E-state index contributed by atoms with van der Waals surface area (Å²) in [7, 11) is 1.61. The van der Waals surface area contributed by atoms with Gasteiger partial charge in [0.05, 0.1) is 19.5 Å². The van der Waals surface area contributed by atoms with Gasteiger partial charge in [-0.25, -0.2) is 9.97 Å². The van der Waals surface area contributed by atoms with E-state index in [0.717, 1.165) is 5.75 Å². The summed E-state index contributed by atoms with van der Waals surface area (Å²) in [5, 5.41) is 2.98.